The van der Waals surface area contributed by atoms with Crippen LogP contribution in [0, 0.1) is 0 Å². The van der Waals surface area contributed by atoms with Crippen LogP contribution < -0.4 is 5.56 Å². The number of ketones is 1. The topological polar surface area (TPSA) is 39.1 Å². The van der Waals surface area contributed by atoms with Crippen molar-refractivity contribution in [1.29, 1.82) is 0 Å². The van der Waals surface area contributed by atoms with E-state index in [-0.39, 0.29) is 11.3 Å². The van der Waals surface area contributed by atoms with Gasteiger partial charge in [-0.1, -0.05) is 103 Å². The number of hydrogen-bond acceptors (Lipinski definition) is 3. The molecule has 0 aliphatic heterocycles. The van der Waals surface area contributed by atoms with Gasteiger partial charge in [0.05, 0.1) is 12.1 Å². The molecule has 0 spiro atoms. The Bertz CT molecular complexity index is 1110. The molecule has 4 rings (SSSR count). The fourth-order valence-electron chi connectivity index (χ4n) is 3.01. The fourth-order valence-corrected chi connectivity index (χ4v) is 4.11. The number of rotatable bonds is 5. The molecule has 1 aromatic heterocycles. The molecule has 1 heterocycles. The highest BCUT2D eigenvalue weighted by Gasteiger charge is 2.23. The lowest BCUT2D eigenvalue weighted by atomic mass is 10.0. The number of nitrogens with zero attached hydrogens (tertiary/aromatic N) is 1. The summed E-state index contributed by atoms with van der Waals surface area (Å²) in [6.07, 6.45) is 0. The van der Waals surface area contributed by atoms with Crippen LogP contribution in [0.2, 0.25) is 0 Å². The lowest BCUT2D eigenvalue weighted by Gasteiger charge is -2.01. The van der Waals surface area contributed by atoms with Gasteiger partial charge in [0.2, 0.25) is 5.78 Å². The first-order valence-corrected chi connectivity index (χ1v) is 9.44. The van der Waals surface area contributed by atoms with E-state index in [1.807, 2.05) is 78.9 Å². The monoisotopic (exact) mass is 371 g/mol. The van der Waals surface area contributed by atoms with Crippen LogP contribution in [0.25, 0.3) is 11.1 Å². The molecule has 4 heteroatoms. The van der Waals surface area contributed by atoms with E-state index in [2.05, 4.69) is 0 Å². The summed E-state index contributed by atoms with van der Waals surface area (Å²) in [5.74, 6) is -0.122. The van der Waals surface area contributed by atoms with Gasteiger partial charge in [-0.3, -0.25) is 13.5 Å². The first-order chi connectivity index (χ1) is 13.2. The Hall–Kier alpha value is -3.24. The molecule has 0 aliphatic rings. The molecule has 0 fully saturated rings. The minimum absolute atomic E-state index is 0.122. The molecule has 0 N–H and O–H groups in total. The minimum Gasteiger partial charge on any atom is -0.288 e. The second-order valence-corrected chi connectivity index (χ2v) is 7.22. The second-order valence-electron chi connectivity index (χ2n) is 6.18. The van der Waals surface area contributed by atoms with E-state index in [0.29, 0.717) is 22.5 Å². The summed E-state index contributed by atoms with van der Waals surface area (Å²) >= 11 is 1.23. The van der Waals surface area contributed by atoms with Gasteiger partial charge in [0.25, 0.3) is 5.56 Å². The average Bonchev–Trinajstić information content (AvgIpc) is 3.05. The van der Waals surface area contributed by atoms with Gasteiger partial charge in [0, 0.05) is 5.56 Å². The zero-order chi connectivity index (χ0) is 18.6. The van der Waals surface area contributed by atoms with Crippen LogP contribution in [0.5, 0.6) is 0 Å². The second kappa shape index (κ2) is 7.56. The van der Waals surface area contributed by atoms with E-state index >= 15 is 0 Å². The highest BCUT2D eigenvalue weighted by Crippen LogP contribution is 2.27. The highest BCUT2D eigenvalue weighted by molar-refractivity contribution is 7.09. The van der Waals surface area contributed by atoms with Crippen LogP contribution in [0.3, 0.4) is 0 Å². The summed E-state index contributed by atoms with van der Waals surface area (Å²) < 4.78 is 1.66. The van der Waals surface area contributed by atoms with E-state index in [1.54, 1.807) is 16.1 Å². The van der Waals surface area contributed by atoms with Crippen LogP contribution >= 0.6 is 11.5 Å². The van der Waals surface area contributed by atoms with Crippen molar-refractivity contribution in [1.82, 2.24) is 3.96 Å². The maximum absolute atomic E-state index is 13.2. The predicted molar refractivity (Wildman–Crippen MR) is 109 cm³/mol. The third-order valence-corrected chi connectivity index (χ3v) is 5.43. The Balaban J connectivity index is 1.85. The summed E-state index contributed by atoms with van der Waals surface area (Å²) in [5.41, 5.74) is 2.73. The molecule has 0 saturated heterocycles. The lowest BCUT2D eigenvalue weighted by Crippen LogP contribution is -2.15. The number of hydrogen-bond donors (Lipinski definition) is 0. The predicted octanol–water partition coefficient (Wildman–Crippen LogP) is 4.86. The molecule has 0 aliphatic carbocycles. The molecule has 0 radical (unpaired) electrons. The van der Waals surface area contributed by atoms with Crippen LogP contribution in [-0.2, 0) is 6.54 Å². The van der Waals surface area contributed by atoms with Crippen molar-refractivity contribution in [2.24, 2.45) is 0 Å². The van der Waals surface area contributed by atoms with Gasteiger partial charge in [0.1, 0.15) is 4.88 Å². The number of carbonyl (C=O) groups is 1. The van der Waals surface area contributed by atoms with Crippen molar-refractivity contribution < 1.29 is 4.79 Å². The standard InChI is InChI=1S/C23H17NO2S/c25-21(19-14-8-3-9-15-19)22-20(18-12-6-2-7-13-18)23(26)24(27-22)16-17-10-4-1-5-11-17/h1-15H,16H2. The van der Waals surface area contributed by atoms with E-state index < -0.39 is 0 Å². The van der Waals surface area contributed by atoms with Gasteiger partial charge in [0.15, 0.2) is 0 Å². The van der Waals surface area contributed by atoms with Crippen LogP contribution in [-0.4, -0.2) is 9.74 Å². The molecule has 3 aromatic carbocycles. The van der Waals surface area contributed by atoms with Crippen LogP contribution in [0.15, 0.2) is 95.8 Å². The molecular weight excluding hydrogens is 354 g/mol. The zero-order valence-electron chi connectivity index (χ0n) is 14.5. The fraction of sp³-hybridized carbons (Fsp3) is 0.0435. The summed E-state index contributed by atoms with van der Waals surface area (Å²) in [4.78, 5) is 26.7. The smallest absolute Gasteiger partial charge is 0.269 e. The zero-order valence-corrected chi connectivity index (χ0v) is 15.4. The van der Waals surface area contributed by atoms with Gasteiger partial charge in [-0.25, -0.2) is 0 Å². The van der Waals surface area contributed by atoms with E-state index in [0.717, 1.165) is 11.1 Å². The molecule has 132 valence electrons. The van der Waals surface area contributed by atoms with Crippen molar-refractivity contribution in [3.8, 4) is 11.1 Å². The molecule has 0 saturated carbocycles. The summed E-state index contributed by atoms with van der Waals surface area (Å²) in [6.45, 7) is 0.451. The molecule has 0 bridgehead atoms. The van der Waals surface area contributed by atoms with E-state index in [4.69, 9.17) is 0 Å². The number of carbonyl (C=O) groups excluding carboxylic acids is 1. The number of aromatic nitrogens is 1. The molecular formula is C23H17NO2S. The largest absolute Gasteiger partial charge is 0.288 e. The normalized spacial score (nSPS) is 10.7. The van der Waals surface area contributed by atoms with E-state index in [1.165, 1.54) is 11.5 Å². The lowest BCUT2D eigenvalue weighted by molar-refractivity contribution is 0.104. The van der Waals surface area contributed by atoms with Crippen molar-refractivity contribution >= 4 is 17.3 Å². The summed E-state index contributed by atoms with van der Waals surface area (Å²) in [5, 5.41) is 0. The Morgan fingerprint density at radius 3 is 1.96 bits per heavy atom. The first-order valence-electron chi connectivity index (χ1n) is 8.67. The SMILES string of the molecule is O=C(c1ccccc1)c1sn(Cc2ccccc2)c(=O)c1-c1ccccc1. The summed E-state index contributed by atoms with van der Waals surface area (Å²) in [6, 6.07) is 28.3. The maximum Gasteiger partial charge on any atom is 0.269 e. The molecule has 0 atom stereocenters. The number of benzene rings is 3. The van der Waals surface area contributed by atoms with Crippen LogP contribution in [0.4, 0.5) is 0 Å². The van der Waals surface area contributed by atoms with Crippen molar-refractivity contribution in [3.05, 3.63) is 117 Å². The van der Waals surface area contributed by atoms with Gasteiger partial charge in [-0.2, -0.15) is 0 Å². The first kappa shape index (κ1) is 17.2. The molecule has 0 amide bonds. The van der Waals surface area contributed by atoms with Gasteiger partial charge in [-0.05, 0) is 11.1 Å². The minimum atomic E-state index is -0.130. The Kier molecular flexibility index (Phi) is 4.81. The van der Waals surface area contributed by atoms with Crippen molar-refractivity contribution in [2.45, 2.75) is 6.54 Å². The Morgan fingerprint density at radius 1 is 0.778 bits per heavy atom. The Labute approximate surface area is 161 Å². The Morgan fingerprint density at radius 2 is 1.33 bits per heavy atom. The molecule has 3 nitrogen and oxygen atoms in total. The van der Waals surface area contributed by atoms with Gasteiger partial charge in [-0.15, -0.1) is 0 Å². The van der Waals surface area contributed by atoms with E-state index in [9.17, 15) is 9.59 Å². The quantitative estimate of drug-likeness (QED) is 0.470. The molecule has 0 unspecified atom stereocenters. The van der Waals surface area contributed by atoms with Crippen molar-refractivity contribution in [2.75, 3.05) is 0 Å². The molecule has 4 aromatic rings. The third kappa shape index (κ3) is 3.52. The maximum atomic E-state index is 13.2. The average molecular weight is 371 g/mol. The summed E-state index contributed by atoms with van der Waals surface area (Å²) in [7, 11) is 0. The highest BCUT2D eigenvalue weighted by atomic mass is 32.1. The van der Waals surface area contributed by atoms with Crippen LogP contribution in [0.1, 0.15) is 20.8 Å². The molecule has 27 heavy (non-hydrogen) atoms. The van der Waals surface area contributed by atoms with Gasteiger partial charge >= 0.3 is 0 Å². The third-order valence-electron chi connectivity index (χ3n) is 4.34. The van der Waals surface area contributed by atoms with Gasteiger partial charge < -0.3 is 0 Å². The van der Waals surface area contributed by atoms with Crippen molar-refractivity contribution in [3.63, 3.8) is 0 Å².